The minimum atomic E-state index is -0.917. The van der Waals surface area contributed by atoms with Crippen LogP contribution in [0.2, 0.25) is 0 Å². The van der Waals surface area contributed by atoms with Gasteiger partial charge in [0.2, 0.25) is 5.91 Å². The Morgan fingerprint density at radius 2 is 1.71 bits per heavy atom. The Morgan fingerprint density at radius 1 is 1.07 bits per heavy atom. The summed E-state index contributed by atoms with van der Waals surface area (Å²) in [5, 5.41) is 2.72. The maximum Gasteiger partial charge on any atom is 0.325 e. The maximum absolute atomic E-state index is 12.6. The van der Waals surface area contributed by atoms with Crippen molar-refractivity contribution in [3.63, 3.8) is 0 Å². The smallest absolute Gasteiger partial charge is 0.325 e. The molecule has 0 atom stereocenters. The normalized spacial score (nSPS) is 19.0. The summed E-state index contributed by atoms with van der Waals surface area (Å²) < 4.78 is 0. The Balaban J connectivity index is 1.57. The molecule has 2 aliphatic rings. The first-order valence-corrected chi connectivity index (χ1v) is 9.39. The van der Waals surface area contributed by atoms with E-state index >= 15 is 0 Å². The Bertz CT molecular complexity index is 772. The largest absolute Gasteiger partial charge is 0.338 e. The molecule has 0 saturated carbocycles. The van der Waals surface area contributed by atoms with E-state index < -0.39 is 11.6 Å². The van der Waals surface area contributed by atoms with Crippen molar-refractivity contribution in [1.29, 1.82) is 0 Å². The van der Waals surface area contributed by atoms with Crippen molar-refractivity contribution in [2.45, 2.75) is 32.2 Å². The summed E-state index contributed by atoms with van der Waals surface area (Å²) in [5.74, 6) is -0.893. The number of hydrogen-bond donors (Lipinski definition) is 1. The van der Waals surface area contributed by atoms with Crippen molar-refractivity contribution in [3.8, 4) is 0 Å². The van der Waals surface area contributed by atoms with Crippen LogP contribution in [0.15, 0.2) is 18.6 Å². The van der Waals surface area contributed by atoms with E-state index in [-0.39, 0.29) is 30.0 Å². The third kappa shape index (κ3) is 3.54. The number of urea groups is 1. The van der Waals surface area contributed by atoms with E-state index in [0.717, 1.165) is 4.90 Å². The summed E-state index contributed by atoms with van der Waals surface area (Å²) in [7, 11) is 0. The fourth-order valence-electron chi connectivity index (χ4n) is 3.51. The number of nitrogens with zero attached hydrogens (tertiary/aromatic N) is 5. The molecule has 0 aromatic carbocycles. The number of piperazine rings is 1. The molecule has 1 aromatic rings. The third-order valence-electron chi connectivity index (χ3n) is 5.45. The molecule has 3 heterocycles. The molecule has 10 heteroatoms. The molecule has 0 bridgehead atoms. The molecule has 3 rings (SSSR count). The first-order chi connectivity index (χ1) is 13.4. The van der Waals surface area contributed by atoms with Crippen molar-refractivity contribution in [1.82, 2.24) is 30.0 Å². The highest BCUT2D eigenvalue weighted by atomic mass is 16.2. The number of carbonyl (C=O) groups excluding carboxylic acids is 4. The Hall–Kier alpha value is -3.04. The van der Waals surface area contributed by atoms with Crippen LogP contribution in [0.5, 0.6) is 0 Å². The SMILES string of the molecule is CCC1(CC)NC(=O)N(CC(=O)N2CCN(C(=O)c3cnccn3)CC2)C1=O. The number of imide groups is 1. The second kappa shape index (κ2) is 7.91. The second-order valence-electron chi connectivity index (χ2n) is 6.87. The van der Waals surface area contributed by atoms with Gasteiger partial charge in [-0.25, -0.2) is 9.78 Å². The minimum absolute atomic E-state index is 0.232. The van der Waals surface area contributed by atoms with Gasteiger partial charge in [-0.05, 0) is 12.8 Å². The van der Waals surface area contributed by atoms with Crippen LogP contribution in [-0.2, 0) is 9.59 Å². The van der Waals surface area contributed by atoms with Crippen molar-refractivity contribution in [3.05, 3.63) is 24.3 Å². The van der Waals surface area contributed by atoms with Crippen LogP contribution >= 0.6 is 0 Å². The molecule has 2 saturated heterocycles. The molecule has 0 unspecified atom stereocenters. The van der Waals surface area contributed by atoms with Crippen LogP contribution < -0.4 is 5.32 Å². The molecule has 2 fully saturated rings. The summed E-state index contributed by atoms with van der Waals surface area (Å²) in [5.41, 5.74) is -0.656. The van der Waals surface area contributed by atoms with Gasteiger partial charge in [-0.1, -0.05) is 13.8 Å². The Morgan fingerprint density at radius 3 is 2.25 bits per heavy atom. The highest BCUT2D eigenvalue weighted by Crippen LogP contribution is 2.24. The Labute approximate surface area is 162 Å². The van der Waals surface area contributed by atoms with Crippen LogP contribution in [0, 0.1) is 0 Å². The number of aromatic nitrogens is 2. The molecule has 150 valence electrons. The zero-order valence-corrected chi connectivity index (χ0v) is 16.1. The van der Waals surface area contributed by atoms with E-state index in [2.05, 4.69) is 15.3 Å². The van der Waals surface area contributed by atoms with E-state index in [0.29, 0.717) is 39.0 Å². The van der Waals surface area contributed by atoms with Gasteiger partial charge in [0.25, 0.3) is 11.8 Å². The number of rotatable bonds is 5. The van der Waals surface area contributed by atoms with Crippen LogP contribution in [0.1, 0.15) is 37.2 Å². The molecular weight excluding hydrogens is 364 g/mol. The highest BCUT2D eigenvalue weighted by Gasteiger charge is 2.49. The lowest BCUT2D eigenvalue weighted by Gasteiger charge is -2.35. The van der Waals surface area contributed by atoms with Crippen LogP contribution in [0.25, 0.3) is 0 Å². The fourth-order valence-corrected chi connectivity index (χ4v) is 3.51. The van der Waals surface area contributed by atoms with Crippen LogP contribution in [-0.4, -0.2) is 86.7 Å². The number of carbonyl (C=O) groups is 4. The van der Waals surface area contributed by atoms with Gasteiger partial charge in [0.1, 0.15) is 17.8 Å². The summed E-state index contributed by atoms with van der Waals surface area (Å²) in [6.45, 7) is 4.76. The van der Waals surface area contributed by atoms with Gasteiger partial charge in [-0.3, -0.25) is 24.3 Å². The first-order valence-electron chi connectivity index (χ1n) is 9.39. The lowest BCUT2D eigenvalue weighted by molar-refractivity contribution is -0.139. The van der Waals surface area contributed by atoms with Crippen molar-refractivity contribution >= 4 is 23.8 Å². The molecule has 1 aromatic heterocycles. The summed E-state index contributed by atoms with van der Waals surface area (Å²) in [4.78, 5) is 61.9. The van der Waals surface area contributed by atoms with Crippen LogP contribution in [0.4, 0.5) is 4.79 Å². The first kappa shape index (κ1) is 19.7. The van der Waals surface area contributed by atoms with Crippen LogP contribution in [0.3, 0.4) is 0 Å². The summed E-state index contributed by atoms with van der Waals surface area (Å²) >= 11 is 0. The topological polar surface area (TPSA) is 116 Å². The maximum atomic E-state index is 12.6. The summed E-state index contributed by atoms with van der Waals surface area (Å²) in [6, 6.07) is -0.529. The highest BCUT2D eigenvalue weighted by molar-refractivity contribution is 6.09. The zero-order chi connectivity index (χ0) is 20.3. The predicted octanol–water partition coefficient (Wildman–Crippen LogP) is -0.128. The molecule has 28 heavy (non-hydrogen) atoms. The molecular formula is C18H24N6O4. The minimum Gasteiger partial charge on any atom is -0.338 e. The monoisotopic (exact) mass is 388 g/mol. The third-order valence-corrected chi connectivity index (χ3v) is 5.45. The zero-order valence-electron chi connectivity index (χ0n) is 16.1. The molecule has 10 nitrogen and oxygen atoms in total. The lowest BCUT2D eigenvalue weighted by atomic mass is 9.93. The molecule has 0 spiro atoms. The molecule has 2 aliphatic heterocycles. The van der Waals surface area contributed by atoms with Crippen molar-refractivity contribution < 1.29 is 19.2 Å². The fraction of sp³-hybridized carbons (Fsp3) is 0.556. The number of amides is 5. The molecule has 0 aliphatic carbocycles. The van der Waals surface area contributed by atoms with Gasteiger partial charge >= 0.3 is 6.03 Å². The quantitative estimate of drug-likeness (QED) is 0.703. The van der Waals surface area contributed by atoms with Gasteiger partial charge in [-0.2, -0.15) is 0 Å². The van der Waals surface area contributed by atoms with Gasteiger partial charge in [-0.15, -0.1) is 0 Å². The molecule has 0 radical (unpaired) electrons. The second-order valence-corrected chi connectivity index (χ2v) is 6.87. The summed E-state index contributed by atoms with van der Waals surface area (Å²) in [6.07, 6.45) is 5.31. The van der Waals surface area contributed by atoms with Crippen molar-refractivity contribution in [2.24, 2.45) is 0 Å². The Kier molecular flexibility index (Phi) is 5.57. The van der Waals surface area contributed by atoms with E-state index in [1.807, 2.05) is 13.8 Å². The molecule has 5 amide bonds. The average Bonchev–Trinajstić information content (AvgIpc) is 2.98. The number of hydrogen-bond acceptors (Lipinski definition) is 6. The predicted molar refractivity (Wildman–Crippen MR) is 98.1 cm³/mol. The lowest BCUT2D eigenvalue weighted by Crippen LogP contribution is -2.53. The van der Waals surface area contributed by atoms with Gasteiger partial charge in [0.15, 0.2) is 0 Å². The van der Waals surface area contributed by atoms with E-state index in [1.54, 1.807) is 9.80 Å². The average molecular weight is 388 g/mol. The van der Waals surface area contributed by atoms with Crippen molar-refractivity contribution in [2.75, 3.05) is 32.7 Å². The number of nitrogens with one attached hydrogen (secondary N) is 1. The van der Waals surface area contributed by atoms with Gasteiger partial charge in [0.05, 0.1) is 6.20 Å². The standard InChI is InChI=1S/C18H24N6O4/c1-3-18(4-2)16(27)24(17(28)21-18)12-14(25)22-7-9-23(10-8-22)15(26)13-11-19-5-6-20-13/h5-6,11H,3-4,7-10,12H2,1-2H3,(H,21,28). The molecule has 1 N–H and O–H groups in total. The van der Waals surface area contributed by atoms with E-state index in [9.17, 15) is 19.2 Å². The van der Waals surface area contributed by atoms with Gasteiger partial charge in [0, 0.05) is 38.6 Å². The van der Waals surface area contributed by atoms with Gasteiger partial charge < -0.3 is 15.1 Å². The van der Waals surface area contributed by atoms with E-state index in [4.69, 9.17) is 0 Å². The van der Waals surface area contributed by atoms with E-state index in [1.165, 1.54) is 18.6 Å².